The molecule has 0 heterocycles. The number of nitrogens with zero attached hydrogens (tertiary/aromatic N) is 1. The number of anilines is 3. The number of hydrogen-bond donors (Lipinski definition) is 3. The van der Waals surface area contributed by atoms with E-state index >= 15 is 0 Å². The average Bonchev–Trinajstić information content (AvgIpc) is 2.75. The van der Waals surface area contributed by atoms with Gasteiger partial charge in [-0.3, -0.25) is 0 Å². The molecule has 0 aliphatic rings. The molecule has 0 aromatic heterocycles. The molecular weight excluding hydrogens is 402 g/mol. The SMILES string of the molecule is Cc1ccc(N(c2ccc(Oc3cc(C)ccc3O)cc2)c2ccc(C)cc2O)c(O)c1. The van der Waals surface area contributed by atoms with E-state index in [0.29, 0.717) is 22.9 Å². The summed E-state index contributed by atoms with van der Waals surface area (Å²) >= 11 is 0. The summed E-state index contributed by atoms with van der Waals surface area (Å²) in [5.74, 6) is 1.21. The van der Waals surface area contributed by atoms with Crippen LogP contribution in [-0.2, 0) is 0 Å². The van der Waals surface area contributed by atoms with Crippen LogP contribution in [0.25, 0.3) is 0 Å². The number of phenolic OH excluding ortho intramolecular Hbond substituents is 3. The Balaban J connectivity index is 1.75. The fraction of sp³-hybridized carbons (Fsp3) is 0.111. The van der Waals surface area contributed by atoms with Gasteiger partial charge in [0.2, 0.25) is 0 Å². The Bertz CT molecular complexity index is 1210. The van der Waals surface area contributed by atoms with Gasteiger partial charge in [-0.1, -0.05) is 18.2 Å². The van der Waals surface area contributed by atoms with Gasteiger partial charge in [0.1, 0.15) is 17.2 Å². The van der Waals surface area contributed by atoms with Gasteiger partial charge in [-0.15, -0.1) is 0 Å². The number of phenols is 3. The molecule has 32 heavy (non-hydrogen) atoms. The maximum Gasteiger partial charge on any atom is 0.169 e. The zero-order valence-corrected chi connectivity index (χ0v) is 18.2. The lowest BCUT2D eigenvalue weighted by atomic mass is 10.1. The van der Waals surface area contributed by atoms with E-state index in [9.17, 15) is 15.3 Å². The third-order valence-electron chi connectivity index (χ3n) is 5.18. The zero-order valence-electron chi connectivity index (χ0n) is 18.2. The summed E-state index contributed by atoms with van der Waals surface area (Å²) in [6.07, 6.45) is 0. The maximum atomic E-state index is 10.7. The van der Waals surface area contributed by atoms with E-state index in [4.69, 9.17) is 4.74 Å². The van der Waals surface area contributed by atoms with Crippen LogP contribution in [-0.4, -0.2) is 15.3 Å². The van der Waals surface area contributed by atoms with Crippen LogP contribution in [0, 0.1) is 20.8 Å². The highest BCUT2D eigenvalue weighted by molar-refractivity contribution is 5.83. The van der Waals surface area contributed by atoms with Crippen LogP contribution in [0.5, 0.6) is 28.7 Å². The molecule has 0 saturated heterocycles. The molecule has 5 heteroatoms. The molecule has 0 radical (unpaired) electrons. The molecule has 0 saturated carbocycles. The smallest absolute Gasteiger partial charge is 0.169 e. The predicted molar refractivity (Wildman–Crippen MR) is 127 cm³/mol. The molecule has 0 atom stereocenters. The van der Waals surface area contributed by atoms with Crippen molar-refractivity contribution in [2.75, 3.05) is 4.90 Å². The molecule has 5 nitrogen and oxygen atoms in total. The Labute approximate surface area is 187 Å². The van der Waals surface area contributed by atoms with Crippen LogP contribution < -0.4 is 9.64 Å². The van der Waals surface area contributed by atoms with Crippen molar-refractivity contribution in [3.8, 4) is 28.7 Å². The third-order valence-corrected chi connectivity index (χ3v) is 5.18. The topological polar surface area (TPSA) is 73.2 Å². The van der Waals surface area contributed by atoms with Crippen molar-refractivity contribution < 1.29 is 20.1 Å². The largest absolute Gasteiger partial charge is 0.506 e. The van der Waals surface area contributed by atoms with Gasteiger partial charge in [0, 0.05) is 5.69 Å². The van der Waals surface area contributed by atoms with Crippen molar-refractivity contribution in [2.45, 2.75) is 20.8 Å². The summed E-state index contributed by atoms with van der Waals surface area (Å²) in [5, 5.41) is 31.4. The maximum absolute atomic E-state index is 10.7. The van der Waals surface area contributed by atoms with Crippen LogP contribution in [0.3, 0.4) is 0 Å². The van der Waals surface area contributed by atoms with Crippen molar-refractivity contribution in [1.82, 2.24) is 0 Å². The number of aryl methyl sites for hydroxylation is 3. The van der Waals surface area contributed by atoms with Gasteiger partial charge in [-0.2, -0.15) is 0 Å². The molecule has 0 unspecified atom stereocenters. The van der Waals surface area contributed by atoms with E-state index < -0.39 is 0 Å². The summed E-state index contributed by atoms with van der Waals surface area (Å²) in [7, 11) is 0. The van der Waals surface area contributed by atoms with E-state index in [1.54, 1.807) is 41.3 Å². The van der Waals surface area contributed by atoms with Gasteiger partial charge < -0.3 is 25.0 Å². The van der Waals surface area contributed by atoms with E-state index in [0.717, 1.165) is 22.4 Å². The summed E-state index contributed by atoms with van der Waals surface area (Å²) in [6, 6.07) is 23.2. The van der Waals surface area contributed by atoms with Gasteiger partial charge in [0.15, 0.2) is 11.5 Å². The van der Waals surface area contributed by atoms with Crippen molar-refractivity contribution in [1.29, 1.82) is 0 Å². The molecule has 0 spiro atoms. The summed E-state index contributed by atoms with van der Waals surface area (Å²) < 4.78 is 5.85. The zero-order chi connectivity index (χ0) is 22.8. The van der Waals surface area contributed by atoms with E-state index in [1.807, 2.05) is 63.2 Å². The van der Waals surface area contributed by atoms with Crippen LogP contribution >= 0.6 is 0 Å². The number of benzene rings is 4. The molecule has 3 N–H and O–H groups in total. The molecular formula is C27H25NO4. The highest BCUT2D eigenvalue weighted by atomic mass is 16.5. The highest BCUT2D eigenvalue weighted by Crippen LogP contribution is 2.44. The Morgan fingerprint density at radius 1 is 0.562 bits per heavy atom. The second kappa shape index (κ2) is 8.55. The molecule has 0 aliphatic carbocycles. The Morgan fingerprint density at radius 2 is 1.06 bits per heavy atom. The van der Waals surface area contributed by atoms with Crippen molar-refractivity contribution in [3.05, 3.63) is 95.6 Å². The van der Waals surface area contributed by atoms with Gasteiger partial charge in [0.05, 0.1) is 11.4 Å². The van der Waals surface area contributed by atoms with Crippen LogP contribution in [0.2, 0.25) is 0 Å². The van der Waals surface area contributed by atoms with Crippen molar-refractivity contribution in [2.24, 2.45) is 0 Å². The Kier molecular flexibility index (Phi) is 5.65. The first-order valence-corrected chi connectivity index (χ1v) is 10.3. The van der Waals surface area contributed by atoms with Crippen LogP contribution in [0.15, 0.2) is 78.9 Å². The lowest BCUT2D eigenvalue weighted by Crippen LogP contribution is -2.10. The minimum absolute atomic E-state index is 0.0652. The predicted octanol–water partition coefficient (Wildman–Crippen LogP) is 6.99. The monoisotopic (exact) mass is 427 g/mol. The summed E-state index contributed by atoms with van der Waals surface area (Å²) in [5.41, 5.74) is 4.65. The van der Waals surface area contributed by atoms with Gasteiger partial charge >= 0.3 is 0 Å². The fourth-order valence-corrected chi connectivity index (χ4v) is 3.55. The fourth-order valence-electron chi connectivity index (χ4n) is 3.55. The molecule has 0 amide bonds. The standard InChI is InChI=1S/C27H25NO4/c1-17-4-11-22(25(30)14-17)28(23-12-5-18(2)15-26(23)31)20-7-9-21(10-8-20)32-27-16-19(3)6-13-24(27)29/h4-16,29-31H,1-3H3. The third kappa shape index (κ3) is 4.32. The minimum Gasteiger partial charge on any atom is -0.506 e. The quantitative estimate of drug-likeness (QED) is 0.320. The van der Waals surface area contributed by atoms with Gasteiger partial charge in [-0.25, -0.2) is 0 Å². The van der Waals surface area contributed by atoms with Gasteiger partial charge in [0.25, 0.3) is 0 Å². The van der Waals surface area contributed by atoms with Gasteiger partial charge in [-0.05, 0) is 98.1 Å². The Hall–Kier alpha value is -4.12. The minimum atomic E-state index is 0.0652. The average molecular weight is 428 g/mol. The summed E-state index contributed by atoms with van der Waals surface area (Å²) in [6.45, 7) is 5.74. The molecule has 0 fully saturated rings. The molecule has 4 aromatic rings. The second-order valence-corrected chi connectivity index (χ2v) is 7.89. The van der Waals surface area contributed by atoms with E-state index in [-0.39, 0.29) is 17.2 Å². The molecule has 4 aromatic carbocycles. The lowest BCUT2D eigenvalue weighted by Gasteiger charge is -2.27. The first-order valence-electron chi connectivity index (χ1n) is 10.3. The second-order valence-electron chi connectivity index (χ2n) is 7.89. The molecule has 162 valence electrons. The first kappa shape index (κ1) is 21.1. The number of rotatable bonds is 5. The molecule has 0 aliphatic heterocycles. The molecule has 4 rings (SSSR count). The van der Waals surface area contributed by atoms with E-state index in [1.165, 1.54) is 0 Å². The van der Waals surface area contributed by atoms with Crippen LogP contribution in [0.1, 0.15) is 16.7 Å². The van der Waals surface area contributed by atoms with Crippen molar-refractivity contribution >= 4 is 17.1 Å². The first-order chi connectivity index (χ1) is 15.3. The summed E-state index contributed by atoms with van der Waals surface area (Å²) in [4.78, 5) is 1.79. The highest BCUT2D eigenvalue weighted by Gasteiger charge is 2.19. The van der Waals surface area contributed by atoms with Crippen molar-refractivity contribution in [3.63, 3.8) is 0 Å². The molecule has 0 bridgehead atoms. The number of ether oxygens (including phenoxy) is 1. The normalized spacial score (nSPS) is 10.7. The number of aromatic hydroxyl groups is 3. The van der Waals surface area contributed by atoms with Crippen LogP contribution in [0.4, 0.5) is 17.1 Å². The number of hydrogen-bond acceptors (Lipinski definition) is 5. The lowest BCUT2D eigenvalue weighted by molar-refractivity contribution is 0.411. The van der Waals surface area contributed by atoms with E-state index in [2.05, 4.69) is 0 Å². The Morgan fingerprint density at radius 3 is 1.59 bits per heavy atom.